The fourth-order valence-electron chi connectivity index (χ4n) is 2.72. The SMILES string of the molecule is Cl.O=C(CNCC1CC1)Nc1ccc(C(=O)N2CCCC2)cc1. The molecule has 2 amide bonds. The normalized spacial score (nSPS) is 16.8. The molecule has 6 heteroatoms. The summed E-state index contributed by atoms with van der Waals surface area (Å²) in [5, 5.41) is 6.01. The van der Waals surface area contributed by atoms with Crippen LogP contribution in [0.2, 0.25) is 0 Å². The highest BCUT2D eigenvalue weighted by atomic mass is 35.5. The standard InChI is InChI=1S/C17H23N3O2.ClH/c21-16(12-18-11-13-3-4-13)19-15-7-5-14(6-8-15)17(22)20-9-1-2-10-20;/h5-8,13,18H,1-4,9-12H2,(H,19,21);1H. The molecule has 5 nitrogen and oxygen atoms in total. The predicted molar refractivity (Wildman–Crippen MR) is 93.1 cm³/mol. The largest absolute Gasteiger partial charge is 0.339 e. The van der Waals surface area contributed by atoms with Gasteiger partial charge in [-0.1, -0.05) is 0 Å². The second kappa shape index (κ2) is 8.31. The molecule has 1 aliphatic heterocycles. The number of halogens is 1. The van der Waals surface area contributed by atoms with Crippen molar-refractivity contribution < 1.29 is 9.59 Å². The van der Waals surface area contributed by atoms with E-state index in [9.17, 15) is 9.59 Å². The summed E-state index contributed by atoms with van der Waals surface area (Å²) in [7, 11) is 0. The van der Waals surface area contributed by atoms with Gasteiger partial charge in [0.05, 0.1) is 6.54 Å². The van der Waals surface area contributed by atoms with Gasteiger partial charge in [-0.15, -0.1) is 12.4 Å². The minimum absolute atomic E-state index is 0. The summed E-state index contributed by atoms with van der Waals surface area (Å²) in [6.07, 6.45) is 4.74. The summed E-state index contributed by atoms with van der Waals surface area (Å²) >= 11 is 0. The summed E-state index contributed by atoms with van der Waals surface area (Å²) in [6, 6.07) is 7.16. The first-order valence-corrected chi connectivity index (χ1v) is 8.12. The highest BCUT2D eigenvalue weighted by molar-refractivity contribution is 5.96. The van der Waals surface area contributed by atoms with Gasteiger partial charge >= 0.3 is 0 Å². The highest BCUT2D eigenvalue weighted by Crippen LogP contribution is 2.27. The zero-order valence-corrected chi connectivity index (χ0v) is 14.0. The minimum atomic E-state index is -0.0423. The lowest BCUT2D eigenvalue weighted by Gasteiger charge is -2.15. The van der Waals surface area contributed by atoms with Gasteiger partial charge < -0.3 is 15.5 Å². The zero-order valence-electron chi connectivity index (χ0n) is 13.2. The molecule has 1 saturated carbocycles. The van der Waals surface area contributed by atoms with Crippen LogP contribution in [-0.4, -0.2) is 42.9 Å². The Bertz CT molecular complexity index is 537. The van der Waals surface area contributed by atoms with Crippen molar-refractivity contribution in [3.05, 3.63) is 29.8 Å². The molecular formula is C17H24ClN3O2. The maximum Gasteiger partial charge on any atom is 0.253 e. The van der Waals surface area contributed by atoms with Gasteiger partial charge in [0.15, 0.2) is 0 Å². The van der Waals surface area contributed by atoms with Gasteiger partial charge in [0.2, 0.25) is 5.91 Å². The van der Waals surface area contributed by atoms with Gasteiger partial charge in [0.25, 0.3) is 5.91 Å². The monoisotopic (exact) mass is 337 g/mol. The first kappa shape index (κ1) is 17.8. The van der Waals surface area contributed by atoms with Crippen molar-refractivity contribution in [3.63, 3.8) is 0 Å². The quantitative estimate of drug-likeness (QED) is 0.837. The number of carbonyl (C=O) groups excluding carboxylic acids is 2. The summed E-state index contributed by atoms with van der Waals surface area (Å²) in [5.74, 6) is 0.810. The van der Waals surface area contributed by atoms with Crippen LogP contribution in [0.15, 0.2) is 24.3 Å². The van der Waals surface area contributed by atoms with Crippen molar-refractivity contribution in [2.24, 2.45) is 5.92 Å². The molecule has 0 atom stereocenters. The van der Waals surface area contributed by atoms with Crippen molar-refractivity contribution in [2.45, 2.75) is 25.7 Å². The molecule has 1 aliphatic carbocycles. The molecule has 1 heterocycles. The van der Waals surface area contributed by atoms with Gasteiger partial charge in [0.1, 0.15) is 0 Å². The Balaban J connectivity index is 0.00000192. The van der Waals surface area contributed by atoms with E-state index in [0.29, 0.717) is 12.1 Å². The van der Waals surface area contributed by atoms with Crippen LogP contribution in [0.1, 0.15) is 36.0 Å². The molecule has 126 valence electrons. The summed E-state index contributed by atoms with van der Waals surface area (Å²) in [4.78, 5) is 25.9. The lowest BCUT2D eigenvalue weighted by molar-refractivity contribution is -0.115. The van der Waals surface area contributed by atoms with Crippen LogP contribution >= 0.6 is 12.4 Å². The lowest BCUT2D eigenvalue weighted by Crippen LogP contribution is -2.29. The lowest BCUT2D eigenvalue weighted by atomic mass is 10.2. The second-order valence-corrected chi connectivity index (χ2v) is 6.20. The first-order valence-electron chi connectivity index (χ1n) is 8.12. The third-order valence-electron chi connectivity index (χ3n) is 4.22. The number of amides is 2. The molecular weight excluding hydrogens is 314 g/mol. The van der Waals surface area contributed by atoms with Crippen molar-refractivity contribution in [1.29, 1.82) is 0 Å². The zero-order chi connectivity index (χ0) is 15.4. The molecule has 0 unspecified atom stereocenters. The van der Waals surface area contributed by atoms with E-state index in [1.54, 1.807) is 24.3 Å². The Labute approximate surface area is 143 Å². The number of anilines is 1. The minimum Gasteiger partial charge on any atom is -0.339 e. The van der Waals surface area contributed by atoms with Gasteiger partial charge in [0, 0.05) is 24.3 Å². The van der Waals surface area contributed by atoms with E-state index < -0.39 is 0 Å². The number of nitrogens with zero attached hydrogens (tertiary/aromatic N) is 1. The molecule has 0 aromatic heterocycles. The van der Waals surface area contributed by atoms with Gasteiger partial charge in [-0.25, -0.2) is 0 Å². The molecule has 1 aromatic rings. The van der Waals surface area contributed by atoms with Gasteiger partial charge in [-0.2, -0.15) is 0 Å². The molecule has 3 rings (SSSR count). The average molecular weight is 338 g/mol. The van der Waals surface area contributed by atoms with E-state index in [-0.39, 0.29) is 24.2 Å². The van der Waals surface area contributed by atoms with Gasteiger partial charge in [-0.05, 0) is 62.4 Å². The molecule has 1 saturated heterocycles. The van der Waals surface area contributed by atoms with Crippen molar-refractivity contribution in [3.8, 4) is 0 Å². The third-order valence-corrected chi connectivity index (χ3v) is 4.22. The maximum absolute atomic E-state index is 12.2. The Morgan fingerprint density at radius 2 is 1.74 bits per heavy atom. The van der Waals surface area contributed by atoms with Crippen molar-refractivity contribution in [2.75, 3.05) is 31.5 Å². The van der Waals surface area contributed by atoms with Crippen molar-refractivity contribution >= 4 is 29.9 Å². The Morgan fingerprint density at radius 1 is 1.09 bits per heavy atom. The third kappa shape index (κ3) is 5.22. The van der Waals surface area contributed by atoms with E-state index in [1.165, 1.54) is 12.8 Å². The van der Waals surface area contributed by atoms with Crippen LogP contribution < -0.4 is 10.6 Å². The van der Waals surface area contributed by atoms with E-state index in [0.717, 1.165) is 44.1 Å². The number of benzene rings is 1. The fourth-order valence-corrected chi connectivity index (χ4v) is 2.72. The average Bonchev–Trinajstić information content (AvgIpc) is 3.18. The van der Waals surface area contributed by atoms with Crippen LogP contribution in [0.5, 0.6) is 0 Å². The number of rotatable bonds is 6. The van der Waals surface area contributed by atoms with Crippen LogP contribution in [0, 0.1) is 5.92 Å². The molecule has 2 aliphatic rings. The Hall–Kier alpha value is -1.59. The molecule has 1 aromatic carbocycles. The van der Waals surface area contributed by atoms with E-state index in [4.69, 9.17) is 0 Å². The number of hydrogen-bond acceptors (Lipinski definition) is 3. The smallest absolute Gasteiger partial charge is 0.253 e. The van der Waals surface area contributed by atoms with E-state index in [1.807, 2.05) is 4.90 Å². The number of nitrogens with one attached hydrogen (secondary N) is 2. The first-order chi connectivity index (χ1) is 10.7. The summed E-state index contributed by atoms with van der Waals surface area (Å²) in [5.41, 5.74) is 1.42. The van der Waals surface area contributed by atoms with Crippen LogP contribution in [0.25, 0.3) is 0 Å². The Morgan fingerprint density at radius 3 is 2.35 bits per heavy atom. The van der Waals surface area contributed by atoms with Crippen LogP contribution in [0.3, 0.4) is 0 Å². The molecule has 2 fully saturated rings. The Kier molecular flexibility index (Phi) is 6.42. The maximum atomic E-state index is 12.2. The number of likely N-dealkylation sites (tertiary alicyclic amines) is 1. The van der Waals surface area contributed by atoms with Crippen LogP contribution in [-0.2, 0) is 4.79 Å². The molecule has 0 radical (unpaired) electrons. The highest BCUT2D eigenvalue weighted by Gasteiger charge is 2.21. The topological polar surface area (TPSA) is 61.4 Å². The predicted octanol–water partition coefficient (Wildman–Crippen LogP) is 2.28. The summed E-state index contributed by atoms with van der Waals surface area (Å²) < 4.78 is 0. The van der Waals surface area contributed by atoms with Crippen molar-refractivity contribution in [1.82, 2.24) is 10.2 Å². The molecule has 2 N–H and O–H groups in total. The second-order valence-electron chi connectivity index (χ2n) is 6.20. The number of hydrogen-bond donors (Lipinski definition) is 2. The van der Waals surface area contributed by atoms with E-state index in [2.05, 4.69) is 10.6 Å². The van der Waals surface area contributed by atoms with E-state index >= 15 is 0 Å². The summed E-state index contributed by atoms with van der Waals surface area (Å²) in [6.45, 7) is 2.97. The number of carbonyl (C=O) groups is 2. The van der Waals surface area contributed by atoms with Crippen LogP contribution in [0.4, 0.5) is 5.69 Å². The molecule has 23 heavy (non-hydrogen) atoms. The fraction of sp³-hybridized carbons (Fsp3) is 0.529. The molecule has 0 spiro atoms. The molecule has 0 bridgehead atoms. The van der Waals surface area contributed by atoms with Gasteiger partial charge in [-0.3, -0.25) is 9.59 Å².